The van der Waals surface area contributed by atoms with Crippen molar-refractivity contribution in [1.29, 1.82) is 0 Å². The Bertz CT molecular complexity index is 3300. The molecule has 3 aliphatic heterocycles. The van der Waals surface area contributed by atoms with Crippen molar-refractivity contribution >= 4 is 61.4 Å². The molecule has 10 rings (SSSR count). The van der Waals surface area contributed by atoms with E-state index in [0.717, 1.165) is 63.1 Å². The highest BCUT2D eigenvalue weighted by Crippen LogP contribution is 2.43. The SMILES string of the molecule is COc1cc([C@@H](CC(=O)O)c2ccc(C)c(CN3C[C@@H](C)Oc4cc(C5CCCC(Cc6cc7c8c(cccc8c6)C(=O)N(C6CCC(=O)N(C)C6=O)C7=O)C5)ccc4S3(=O)=O)c2)cc2nnn(C)c12. The molecule has 70 heavy (non-hydrogen) atoms. The Morgan fingerprint density at radius 1 is 0.929 bits per heavy atom. The van der Waals surface area contributed by atoms with E-state index in [2.05, 4.69) is 10.3 Å². The number of benzene rings is 5. The molecule has 5 aromatic carbocycles. The zero-order chi connectivity index (χ0) is 49.3. The molecule has 1 saturated carbocycles. The molecule has 6 aromatic rings. The first-order valence-corrected chi connectivity index (χ1v) is 25.2. The number of methoxy groups -OCH3 is 1. The number of rotatable bonds is 11. The summed E-state index contributed by atoms with van der Waals surface area (Å²) in [6.07, 6.45) is 3.77. The van der Waals surface area contributed by atoms with Crippen LogP contribution in [0.4, 0.5) is 0 Å². The fraction of sp³-hybridized carbons (Fsp3) is 0.377. The van der Waals surface area contributed by atoms with Gasteiger partial charge in [-0.2, -0.15) is 4.31 Å². The van der Waals surface area contributed by atoms with Crippen LogP contribution in [-0.2, 0) is 44.4 Å². The van der Waals surface area contributed by atoms with E-state index in [-0.39, 0.29) is 55.0 Å². The minimum Gasteiger partial charge on any atom is -0.494 e. The van der Waals surface area contributed by atoms with Crippen molar-refractivity contribution in [3.8, 4) is 11.5 Å². The van der Waals surface area contributed by atoms with E-state index >= 15 is 0 Å². The first-order chi connectivity index (χ1) is 33.5. The number of likely N-dealkylation sites (N-methyl/N-ethyl adjacent to an activating group) is 1. The van der Waals surface area contributed by atoms with Gasteiger partial charge >= 0.3 is 5.97 Å². The molecule has 1 aliphatic carbocycles. The Hall–Kier alpha value is -6.98. The van der Waals surface area contributed by atoms with Gasteiger partial charge in [-0.25, -0.2) is 13.1 Å². The van der Waals surface area contributed by atoms with Crippen LogP contribution in [0.2, 0.25) is 0 Å². The number of hydrogen-bond donors (Lipinski definition) is 1. The van der Waals surface area contributed by atoms with E-state index in [1.165, 1.54) is 11.4 Å². The van der Waals surface area contributed by atoms with Crippen LogP contribution in [0.3, 0.4) is 0 Å². The van der Waals surface area contributed by atoms with Crippen LogP contribution in [0, 0.1) is 12.8 Å². The third-order valence-corrected chi connectivity index (χ3v) is 16.7. The van der Waals surface area contributed by atoms with Gasteiger partial charge in [0.25, 0.3) is 17.7 Å². The van der Waals surface area contributed by atoms with Crippen molar-refractivity contribution in [2.75, 3.05) is 20.7 Å². The molecule has 0 radical (unpaired) electrons. The molecular formula is C53H54N6O10S. The van der Waals surface area contributed by atoms with Crippen LogP contribution in [-0.4, -0.2) is 105 Å². The number of aryl methyl sites for hydroxylation is 2. The fourth-order valence-electron chi connectivity index (χ4n) is 11.3. The molecular weight excluding hydrogens is 913 g/mol. The summed E-state index contributed by atoms with van der Waals surface area (Å²) >= 11 is 0. The van der Waals surface area contributed by atoms with Gasteiger partial charge < -0.3 is 14.6 Å². The Morgan fingerprint density at radius 2 is 1.73 bits per heavy atom. The van der Waals surface area contributed by atoms with Gasteiger partial charge in [0, 0.05) is 49.5 Å². The van der Waals surface area contributed by atoms with Gasteiger partial charge in [0.2, 0.25) is 15.9 Å². The molecule has 0 spiro atoms. The van der Waals surface area contributed by atoms with E-state index in [0.29, 0.717) is 56.6 Å². The van der Waals surface area contributed by atoms with Crippen molar-refractivity contribution < 1.29 is 47.0 Å². The second kappa shape index (κ2) is 18.1. The number of hydrogen-bond acceptors (Lipinski definition) is 11. The number of imide groups is 2. The summed E-state index contributed by atoms with van der Waals surface area (Å²) in [7, 11) is 0.617. The number of carbonyl (C=O) groups excluding carboxylic acids is 4. The van der Waals surface area contributed by atoms with Gasteiger partial charge in [-0.3, -0.25) is 33.8 Å². The zero-order valence-corrected chi connectivity index (χ0v) is 40.5. The van der Waals surface area contributed by atoms with Gasteiger partial charge in [-0.1, -0.05) is 60.5 Å². The molecule has 2 fully saturated rings. The van der Waals surface area contributed by atoms with Crippen LogP contribution in [0.25, 0.3) is 21.8 Å². The second-order valence-corrected chi connectivity index (χ2v) is 21.3. The number of nitrogens with zero attached hydrogens (tertiary/aromatic N) is 6. The topological polar surface area (TPSA) is 199 Å². The van der Waals surface area contributed by atoms with Crippen molar-refractivity contribution in [1.82, 2.24) is 29.1 Å². The number of piperidine rings is 1. The standard InChI is InChI=1S/C53H54N6O10S/c1-29-12-13-35(40(26-48(61)62)37-23-42-50(45(25-37)68-5)57(4)55-54-42)22-38(29)28-58-27-30(2)69-44-24-34(14-16-46(44)70(58,66)67)33-9-6-8-31(19-33)18-32-20-36-10-7-11-39-49(36)41(21-32)52(64)59(51(39)63)43-15-17-47(60)56(3)53(43)65/h7,10-14,16,20-25,30-31,33,40,43H,6,8-9,15,17-19,26-28H2,1-5H3,(H,61,62)/t30-,31?,33?,40+,43?/m1/s1. The van der Waals surface area contributed by atoms with Crippen molar-refractivity contribution in [2.45, 2.75) is 101 Å². The number of likely N-dealkylation sites (tertiary alicyclic amines) is 1. The average Bonchev–Trinajstić information content (AvgIpc) is 3.68. The van der Waals surface area contributed by atoms with Gasteiger partial charge in [-0.15, -0.1) is 5.10 Å². The first-order valence-electron chi connectivity index (χ1n) is 23.7. The third-order valence-electron chi connectivity index (χ3n) is 14.8. The van der Waals surface area contributed by atoms with Crippen molar-refractivity contribution in [3.05, 3.63) is 123 Å². The molecule has 4 heterocycles. The van der Waals surface area contributed by atoms with Crippen LogP contribution in [0.15, 0.2) is 83.8 Å². The van der Waals surface area contributed by atoms with E-state index in [1.54, 1.807) is 37.0 Å². The monoisotopic (exact) mass is 966 g/mol. The number of aliphatic carboxylic acids is 1. The largest absolute Gasteiger partial charge is 0.494 e. The molecule has 4 amide bonds. The number of carbonyl (C=O) groups is 5. The molecule has 16 nitrogen and oxygen atoms in total. The number of ether oxygens (including phenoxy) is 2. The lowest BCUT2D eigenvalue weighted by molar-refractivity contribution is -0.149. The van der Waals surface area contributed by atoms with Crippen molar-refractivity contribution in [2.24, 2.45) is 13.0 Å². The highest BCUT2D eigenvalue weighted by atomic mass is 32.2. The maximum atomic E-state index is 14.6. The maximum Gasteiger partial charge on any atom is 0.304 e. The second-order valence-electron chi connectivity index (χ2n) is 19.4. The number of carboxylic acid groups (broad SMARTS) is 1. The summed E-state index contributed by atoms with van der Waals surface area (Å²) in [5, 5.41) is 19.8. The number of aromatic nitrogens is 3. The van der Waals surface area contributed by atoms with Gasteiger partial charge in [0.1, 0.15) is 39.6 Å². The van der Waals surface area contributed by atoms with Crippen LogP contribution in [0.1, 0.15) is 118 Å². The Kier molecular flexibility index (Phi) is 12.1. The highest BCUT2D eigenvalue weighted by molar-refractivity contribution is 7.89. The molecule has 362 valence electrons. The Morgan fingerprint density at radius 3 is 2.51 bits per heavy atom. The molecule has 4 aliphatic rings. The fourth-order valence-corrected chi connectivity index (χ4v) is 12.8. The van der Waals surface area contributed by atoms with Crippen LogP contribution < -0.4 is 9.47 Å². The number of carboxylic acids is 1. The number of fused-ring (bicyclic) bond motifs is 2. The lowest BCUT2D eigenvalue weighted by Crippen LogP contribution is -2.57. The summed E-state index contributed by atoms with van der Waals surface area (Å²) in [6, 6.07) is 22.9. The quantitative estimate of drug-likeness (QED) is 0.128. The highest BCUT2D eigenvalue weighted by Gasteiger charge is 2.45. The van der Waals surface area contributed by atoms with Crippen LogP contribution >= 0.6 is 0 Å². The molecule has 3 unspecified atom stereocenters. The lowest BCUT2D eigenvalue weighted by atomic mass is 9.75. The minimum absolute atomic E-state index is 0.0440. The third kappa shape index (κ3) is 8.27. The van der Waals surface area contributed by atoms with E-state index in [9.17, 15) is 37.5 Å². The van der Waals surface area contributed by atoms with Gasteiger partial charge in [-0.05, 0) is 127 Å². The van der Waals surface area contributed by atoms with Gasteiger partial charge in [0.05, 0.1) is 20.1 Å². The van der Waals surface area contributed by atoms with Gasteiger partial charge in [0.15, 0.2) is 0 Å². The number of amides is 4. The van der Waals surface area contributed by atoms with E-state index < -0.39 is 51.8 Å². The molecule has 1 N–H and O–H groups in total. The molecule has 1 aromatic heterocycles. The predicted molar refractivity (Wildman–Crippen MR) is 258 cm³/mol. The molecule has 5 atom stereocenters. The predicted octanol–water partition coefficient (Wildman–Crippen LogP) is 7.28. The zero-order valence-electron chi connectivity index (χ0n) is 39.7. The Balaban J connectivity index is 0.883. The molecule has 17 heteroatoms. The average molecular weight is 967 g/mol. The smallest absolute Gasteiger partial charge is 0.304 e. The first kappa shape index (κ1) is 46.7. The Labute approximate surface area is 405 Å². The van der Waals surface area contributed by atoms with E-state index in [1.807, 2.05) is 74.5 Å². The minimum atomic E-state index is -4.06. The lowest BCUT2D eigenvalue weighted by Gasteiger charge is -2.37. The summed E-state index contributed by atoms with van der Waals surface area (Å²) in [4.78, 5) is 67.9. The molecule has 0 bridgehead atoms. The summed E-state index contributed by atoms with van der Waals surface area (Å²) in [5.41, 5.74) is 6.90. The number of sulfonamides is 1. The molecule has 1 saturated heterocycles. The normalized spacial score (nSPS) is 22.0. The van der Waals surface area contributed by atoms with Crippen molar-refractivity contribution in [3.63, 3.8) is 0 Å². The summed E-state index contributed by atoms with van der Waals surface area (Å²) < 4.78 is 44.4. The summed E-state index contributed by atoms with van der Waals surface area (Å²) in [6.45, 7) is 3.91. The maximum absolute atomic E-state index is 14.6. The van der Waals surface area contributed by atoms with Crippen LogP contribution in [0.5, 0.6) is 11.5 Å². The van der Waals surface area contributed by atoms with E-state index in [4.69, 9.17) is 9.47 Å². The summed E-state index contributed by atoms with van der Waals surface area (Å²) in [5.74, 6) is -2.37.